The summed E-state index contributed by atoms with van der Waals surface area (Å²) < 4.78 is 1.90. The minimum atomic E-state index is -1.24. The molecule has 8 heteroatoms. The van der Waals surface area contributed by atoms with Crippen LogP contribution in [0.1, 0.15) is 18.3 Å². The van der Waals surface area contributed by atoms with Gasteiger partial charge >= 0.3 is 6.03 Å². The predicted octanol–water partition coefficient (Wildman–Crippen LogP) is 2.81. The number of aromatic nitrogens is 2. The molecular formula is C25H23N5O3. The van der Waals surface area contributed by atoms with Gasteiger partial charge in [0.1, 0.15) is 17.9 Å². The van der Waals surface area contributed by atoms with E-state index in [9.17, 15) is 14.4 Å². The van der Waals surface area contributed by atoms with Gasteiger partial charge in [0.25, 0.3) is 5.91 Å². The van der Waals surface area contributed by atoms with Gasteiger partial charge in [0.05, 0.1) is 17.6 Å². The molecule has 1 aliphatic rings. The van der Waals surface area contributed by atoms with Gasteiger partial charge in [-0.3, -0.25) is 14.5 Å². The molecule has 5 rings (SSSR count). The van der Waals surface area contributed by atoms with Crippen molar-refractivity contribution < 1.29 is 14.4 Å². The Morgan fingerprint density at radius 2 is 1.76 bits per heavy atom. The summed E-state index contributed by atoms with van der Waals surface area (Å²) in [5.41, 5.74) is 1.23. The van der Waals surface area contributed by atoms with E-state index in [0.717, 1.165) is 26.7 Å². The van der Waals surface area contributed by atoms with Crippen molar-refractivity contribution in [2.75, 3.05) is 6.54 Å². The Balaban J connectivity index is 1.30. The Labute approximate surface area is 190 Å². The van der Waals surface area contributed by atoms with Crippen LogP contribution in [0, 0.1) is 0 Å². The van der Waals surface area contributed by atoms with E-state index in [-0.39, 0.29) is 13.1 Å². The average molecular weight is 441 g/mol. The molecule has 0 bridgehead atoms. The molecule has 166 valence electrons. The van der Waals surface area contributed by atoms with E-state index in [1.165, 1.54) is 0 Å². The molecule has 0 radical (unpaired) electrons. The molecule has 4 aromatic rings. The van der Waals surface area contributed by atoms with Gasteiger partial charge in [-0.2, -0.15) is 0 Å². The van der Waals surface area contributed by atoms with Crippen LogP contribution in [0.15, 0.2) is 66.7 Å². The standard InChI is InChI=1S/C25H23N5O3/c1-25(18-12-11-16-7-3-4-8-17(16)13-18)23(32)30(24(33)28-25)15-22(31)26-14-21-27-19-9-5-6-10-20(19)29(21)2/h3-13H,14-15H2,1-2H3,(H,26,31)(H,28,33). The van der Waals surface area contributed by atoms with Crippen LogP contribution in [0.25, 0.3) is 21.8 Å². The molecule has 2 N–H and O–H groups in total. The Morgan fingerprint density at radius 1 is 1.03 bits per heavy atom. The summed E-state index contributed by atoms with van der Waals surface area (Å²) in [5.74, 6) is -0.211. The Bertz CT molecular complexity index is 1430. The summed E-state index contributed by atoms with van der Waals surface area (Å²) in [7, 11) is 1.88. The highest BCUT2D eigenvalue weighted by atomic mass is 16.2. The summed E-state index contributed by atoms with van der Waals surface area (Å²) in [4.78, 5) is 43.9. The zero-order valence-corrected chi connectivity index (χ0v) is 18.3. The SMILES string of the molecule is Cn1c(CNC(=O)CN2C(=O)NC(C)(c3ccc4ccccc4c3)C2=O)nc2ccccc21. The number of nitrogens with zero attached hydrogens (tertiary/aromatic N) is 3. The molecule has 8 nitrogen and oxygen atoms in total. The lowest BCUT2D eigenvalue weighted by Crippen LogP contribution is -2.43. The minimum absolute atomic E-state index is 0.190. The number of rotatable bonds is 5. The number of aryl methyl sites for hydroxylation is 1. The monoisotopic (exact) mass is 441 g/mol. The first-order valence-electron chi connectivity index (χ1n) is 10.7. The molecule has 1 atom stereocenters. The number of urea groups is 1. The quantitative estimate of drug-likeness (QED) is 0.466. The van der Waals surface area contributed by atoms with Crippen LogP contribution in [0.3, 0.4) is 0 Å². The Kier molecular flexibility index (Phi) is 4.85. The summed E-state index contributed by atoms with van der Waals surface area (Å²) in [5, 5.41) is 7.53. The maximum absolute atomic E-state index is 13.2. The first-order valence-corrected chi connectivity index (χ1v) is 10.7. The number of amides is 4. The molecule has 1 aliphatic heterocycles. The van der Waals surface area contributed by atoms with Crippen molar-refractivity contribution in [2.45, 2.75) is 19.0 Å². The summed E-state index contributed by atoms with van der Waals surface area (Å²) in [6.07, 6.45) is 0. The molecular weight excluding hydrogens is 418 g/mol. The molecule has 2 heterocycles. The topological polar surface area (TPSA) is 96.3 Å². The molecule has 1 saturated heterocycles. The molecule has 0 saturated carbocycles. The van der Waals surface area contributed by atoms with Gasteiger partial charge < -0.3 is 15.2 Å². The summed E-state index contributed by atoms with van der Waals surface area (Å²) in [6, 6.07) is 20.5. The van der Waals surface area contributed by atoms with Crippen LogP contribution >= 0.6 is 0 Å². The van der Waals surface area contributed by atoms with Crippen molar-refractivity contribution in [3.63, 3.8) is 0 Å². The minimum Gasteiger partial charge on any atom is -0.347 e. The molecule has 1 aromatic heterocycles. The highest BCUT2D eigenvalue weighted by molar-refractivity contribution is 6.09. The molecule has 0 aliphatic carbocycles. The second kappa shape index (κ2) is 7.74. The predicted molar refractivity (Wildman–Crippen MR) is 124 cm³/mol. The van der Waals surface area contributed by atoms with Crippen molar-refractivity contribution >= 4 is 39.7 Å². The van der Waals surface area contributed by atoms with Crippen LogP contribution in [0.4, 0.5) is 4.79 Å². The lowest BCUT2D eigenvalue weighted by Gasteiger charge is -2.22. The number of imide groups is 1. The number of carbonyl (C=O) groups is 3. The first-order chi connectivity index (χ1) is 15.9. The molecule has 1 fully saturated rings. The van der Waals surface area contributed by atoms with Crippen LogP contribution in [-0.2, 0) is 28.7 Å². The van der Waals surface area contributed by atoms with E-state index >= 15 is 0 Å². The van der Waals surface area contributed by atoms with Crippen LogP contribution < -0.4 is 10.6 Å². The fourth-order valence-electron chi connectivity index (χ4n) is 4.27. The Morgan fingerprint density at radius 3 is 2.55 bits per heavy atom. The second-order valence-electron chi connectivity index (χ2n) is 8.36. The largest absolute Gasteiger partial charge is 0.347 e. The number of nitrogens with one attached hydrogen (secondary N) is 2. The number of benzene rings is 3. The molecule has 33 heavy (non-hydrogen) atoms. The van der Waals surface area contributed by atoms with Gasteiger partial charge in [-0.1, -0.05) is 48.5 Å². The molecule has 0 spiro atoms. The Hall–Kier alpha value is -4.20. The van der Waals surface area contributed by atoms with Crippen molar-refractivity contribution in [1.29, 1.82) is 0 Å². The van der Waals surface area contributed by atoms with E-state index in [1.54, 1.807) is 6.92 Å². The number of hydrogen-bond acceptors (Lipinski definition) is 4. The number of para-hydroxylation sites is 2. The third kappa shape index (κ3) is 3.49. The average Bonchev–Trinajstić information content (AvgIpc) is 3.26. The van der Waals surface area contributed by atoms with E-state index in [4.69, 9.17) is 0 Å². The summed E-state index contributed by atoms with van der Waals surface area (Å²) >= 11 is 0. The van der Waals surface area contributed by atoms with Gasteiger partial charge in [0.2, 0.25) is 5.91 Å². The zero-order chi connectivity index (χ0) is 23.2. The van der Waals surface area contributed by atoms with Gasteiger partial charge in [-0.25, -0.2) is 9.78 Å². The van der Waals surface area contributed by atoms with Crippen molar-refractivity contribution in [2.24, 2.45) is 7.05 Å². The fourth-order valence-corrected chi connectivity index (χ4v) is 4.27. The normalized spacial score (nSPS) is 18.2. The smallest absolute Gasteiger partial charge is 0.325 e. The number of imidazole rings is 1. The third-order valence-electron chi connectivity index (χ3n) is 6.23. The third-order valence-corrected chi connectivity index (χ3v) is 6.23. The van der Waals surface area contributed by atoms with E-state index in [2.05, 4.69) is 15.6 Å². The van der Waals surface area contributed by atoms with Crippen molar-refractivity contribution in [1.82, 2.24) is 25.1 Å². The molecule has 3 aromatic carbocycles. The maximum atomic E-state index is 13.2. The molecule has 1 unspecified atom stereocenters. The van der Waals surface area contributed by atoms with E-state index in [0.29, 0.717) is 11.4 Å². The van der Waals surface area contributed by atoms with E-state index in [1.807, 2.05) is 78.3 Å². The van der Waals surface area contributed by atoms with Crippen LogP contribution in [-0.4, -0.2) is 38.8 Å². The fraction of sp³-hybridized carbons (Fsp3) is 0.200. The van der Waals surface area contributed by atoms with Crippen LogP contribution in [0.5, 0.6) is 0 Å². The van der Waals surface area contributed by atoms with Crippen molar-refractivity contribution in [3.05, 3.63) is 78.1 Å². The van der Waals surface area contributed by atoms with Gasteiger partial charge in [0, 0.05) is 7.05 Å². The van der Waals surface area contributed by atoms with Gasteiger partial charge in [0.15, 0.2) is 0 Å². The lowest BCUT2D eigenvalue weighted by atomic mass is 9.90. The van der Waals surface area contributed by atoms with Crippen LogP contribution in [0.2, 0.25) is 0 Å². The van der Waals surface area contributed by atoms with E-state index < -0.39 is 23.4 Å². The van der Waals surface area contributed by atoms with Crippen molar-refractivity contribution in [3.8, 4) is 0 Å². The first kappa shape index (κ1) is 20.7. The maximum Gasteiger partial charge on any atom is 0.325 e. The second-order valence-corrected chi connectivity index (χ2v) is 8.36. The number of hydrogen-bond donors (Lipinski definition) is 2. The summed E-state index contributed by atoms with van der Waals surface area (Å²) in [6.45, 7) is 1.49. The van der Waals surface area contributed by atoms with Gasteiger partial charge in [-0.05, 0) is 41.5 Å². The lowest BCUT2D eigenvalue weighted by molar-refractivity contribution is -0.134. The highest BCUT2D eigenvalue weighted by Crippen LogP contribution is 2.31. The number of fused-ring (bicyclic) bond motifs is 2. The zero-order valence-electron chi connectivity index (χ0n) is 18.3. The van der Waals surface area contributed by atoms with Gasteiger partial charge in [-0.15, -0.1) is 0 Å². The number of carbonyl (C=O) groups excluding carboxylic acids is 3. The molecule has 4 amide bonds. The highest BCUT2D eigenvalue weighted by Gasteiger charge is 2.49.